The van der Waals surface area contributed by atoms with Crippen molar-refractivity contribution in [2.24, 2.45) is 5.92 Å². The monoisotopic (exact) mass is 384 g/mol. The summed E-state index contributed by atoms with van der Waals surface area (Å²) < 4.78 is 11.6. The van der Waals surface area contributed by atoms with Gasteiger partial charge in [-0.05, 0) is 58.3 Å². The van der Waals surface area contributed by atoms with Gasteiger partial charge in [0, 0.05) is 17.1 Å². The highest BCUT2D eigenvalue weighted by atomic mass is 127. The molecule has 0 aromatic heterocycles. The molecule has 19 heavy (non-hydrogen) atoms. The summed E-state index contributed by atoms with van der Waals surface area (Å²) in [6, 6.07) is 0. The number of alkyl halides is 1. The zero-order valence-electron chi connectivity index (χ0n) is 12.5. The SMILES string of the molecule is CC(CCOC1CCCCO1)CCC(I)C(C)(C)O. The second-order valence-electron chi connectivity index (χ2n) is 6.26. The molecule has 1 aliphatic rings. The maximum atomic E-state index is 9.90. The van der Waals surface area contributed by atoms with Crippen molar-refractivity contribution >= 4 is 22.6 Å². The first kappa shape index (κ1) is 17.7. The van der Waals surface area contributed by atoms with Gasteiger partial charge in [-0.15, -0.1) is 0 Å². The van der Waals surface area contributed by atoms with Crippen LogP contribution < -0.4 is 0 Å². The Labute approximate surface area is 131 Å². The van der Waals surface area contributed by atoms with Crippen molar-refractivity contribution in [1.82, 2.24) is 0 Å². The minimum Gasteiger partial charge on any atom is -0.389 e. The fourth-order valence-electron chi connectivity index (χ4n) is 2.17. The van der Waals surface area contributed by atoms with E-state index in [1.54, 1.807) is 0 Å². The quantitative estimate of drug-likeness (QED) is 0.510. The van der Waals surface area contributed by atoms with Gasteiger partial charge in [0.15, 0.2) is 6.29 Å². The van der Waals surface area contributed by atoms with Gasteiger partial charge in [-0.1, -0.05) is 29.5 Å². The van der Waals surface area contributed by atoms with Gasteiger partial charge < -0.3 is 14.6 Å². The zero-order chi connectivity index (χ0) is 14.3. The van der Waals surface area contributed by atoms with E-state index >= 15 is 0 Å². The summed E-state index contributed by atoms with van der Waals surface area (Å²) in [5.74, 6) is 0.642. The van der Waals surface area contributed by atoms with Crippen molar-refractivity contribution in [3.8, 4) is 0 Å². The van der Waals surface area contributed by atoms with Crippen LogP contribution in [-0.2, 0) is 9.47 Å². The van der Waals surface area contributed by atoms with E-state index in [9.17, 15) is 5.11 Å². The summed E-state index contributed by atoms with van der Waals surface area (Å²) in [5.41, 5.74) is -0.577. The van der Waals surface area contributed by atoms with Gasteiger partial charge in [0.1, 0.15) is 0 Å². The Morgan fingerprint density at radius 1 is 1.32 bits per heavy atom. The van der Waals surface area contributed by atoms with Gasteiger partial charge in [0.05, 0.1) is 5.60 Å². The Balaban J connectivity index is 2.05. The maximum Gasteiger partial charge on any atom is 0.157 e. The first-order valence-electron chi connectivity index (χ1n) is 7.49. The molecule has 4 heteroatoms. The summed E-state index contributed by atoms with van der Waals surface area (Å²) in [6.45, 7) is 7.68. The number of hydrogen-bond donors (Lipinski definition) is 1. The van der Waals surface area contributed by atoms with E-state index in [1.807, 2.05) is 13.8 Å². The van der Waals surface area contributed by atoms with Crippen LogP contribution >= 0.6 is 22.6 Å². The Hall–Kier alpha value is 0.610. The molecule has 0 amide bonds. The lowest BCUT2D eigenvalue weighted by atomic mass is 9.95. The summed E-state index contributed by atoms with van der Waals surface area (Å²) in [7, 11) is 0. The van der Waals surface area contributed by atoms with E-state index in [0.717, 1.165) is 38.9 Å². The van der Waals surface area contributed by atoms with Crippen molar-refractivity contribution in [1.29, 1.82) is 0 Å². The molecule has 114 valence electrons. The normalized spacial score (nSPS) is 24.2. The second kappa shape index (κ2) is 8.80. The van der Waals surface area contributed by atoms with Crippen molar-refractivity contribution < 1.29 is 14.6 Å². The molecule has 1 saturated heterocycles. The van der Waals surface area contributed by atoms with Crippen molar-refractivity contribution in [3.63, 3.8) is 0 Å². The molecule has 0 bridgehead atoms. The smallest absolute Gasteiger partial charge is 0.157 e. The summed E-state index contributed by atoms with van der Waals surface area (Å²) in [6.07, 6.45) is 6.76. The predicted molar refractivity (Wildman–Crippen MR) is 86.7 cm³/mol. The third kappa shape index (κ3) is 7.83. The van der Waals surface area contributed by atoms with Crippen LogP contribution in [0.2, 0.25) is 0 Å². The average Bonchev–Trinajstić information content (AvgIpc) is 2.36. The highest BCUT2D eigenvalue weighted by molar-refractivity contribution is 14.1. The number of ether oxygens (including phenoxy) is 2. The second-order valence-corrected chi connectivity index (χ2v) is 7.76. The fraction of sp³-hybridized carbons (Fsp3) is 1.00. The highest BCUT2D eigenvalue weighted by Crippen LogP contribution is 2.25. The lowest BCUT2D eigenvalue weighted by molar-refractivity contribution is -0.164. The topological polar surface area (TPSA) is 38.7 Å². The third-order valence-electron chi connectivity index (χ3n) is 3.73. The minimum atomic E-state index is -0.577. The van der Waals surface area contributed by atoms with Crippen LogP contribution in [0.5, 0.6) is 0 Å². The van der Waals surface area contributed by atoms with Crippen LogP contribution in [-0.4, -0.2) is 34.1 Å². The molecule has 3 nitrogen and oxygen atoms in total. The summed E-state index contributed by atoms with van der Waals surface area (Å²) in [4.78, 5) is 0. The third-order valence-corrected chi connectivity index (χ3v) is 5.88. The lowest BCUT2D eigenvalue weighted by Gasteiger charge is -2.26. The molecule has 0 radical (unpaired) electrons. The number of rotatable bonds is 8. The molecule has 0 aliphatic carbocycles. The van der Waals surface area contributed by atoms with E-state index < -0.39 is 5.60 Å². The number of halogens is 1. The molecule has 0 spiro atoms. The molecular weight excluding hydrogens is 355 g/mol. The Morgan fingerprint density at radius 2 is 2.05 bits per heavy atom. The molecule has 0 saturated carbocycles. The average molecular weight is 384 g/mol. The Morgan fingerprint density at radius 3 is 2.63 bits per heavy atom. The molecule has 1 fully saturated rings. The highest BCUT2D eigenvalue weighted by Gasteiger charge is 2.24. The van der Waals surface area contributed by atoms with Crippen LogP contribution in [0, 0.1) is 5.92 Å². The molecule has 3 atom stereocenters. The molecule has 0 aromatic carbocycles. The van der Waals surface area contributed by atoms with Gasteiger partial charge in [0.25, 0.3) is 0 Å². The van der Waals surface area contributed by atoms with Crippen LogP contribution in [0.3, 0.4) is 0 Å². The molecule has 1 aliphatic heterocycles. The number of hydrogen-bond acceptors (Lipinski definition) is 3. The fourth-order valence-corrected chi connectivity index (χ4v) is 2.53. The Kier molecular flexibility index (Phi) is 8.18. The van der Waals surface area contributed by atoms with Crippen LogP contribution in [0.15, 0.2) is 0 Å². The minimum absolute atomic E-state index is 0.0367. The predicted octanol–water partition coefficient (Wildman–Crippen LogP) is 3.91. The zero-order valence-corrected chi connectivity index (χ0v) is 14.7. The molecule has 1 rings (SSSR count). The van der Waals surface area contributed by atoms with Gasteiger partial charge in [-0.3, -0.25) is 0 Å². The van der Waals surface area contributed by atoms with E-state index in [0.29, 0.717) is 9.84 Å². The van der Waals surface area contributed by atoms with E-state index in [1.165, 1.54) is 12.8 Å². The maximum absolute atomic E-state index is 9.90. The van der Waals surface area contributed by atoms with Gasteiger partial charge in [-0.25, -0.2) is 0 Å². The molecule has 3 unspecified atom stereocenters. The van der Waals surface area contributed by atoms with E-state index in [4.69, 9.17) is 9.47 Å². The van der Waals surface area contributed by atoms with Crippen molar-refractivity contribution in [2.45, 2.75) is 75.1 Å². The standard InChI is InChI=1S/C15H29IO3/c1-12(7-8-13(16)15(2,3)17)9-11-19-14-6-4-5-10-18-14/h12-14,17H,4-11H2,1-3H3. The van der Waals surface area contributed by atoms with Crippen molar-refractivity contribution in [2.75, 3.05) is 13.2 Å². The lowest BCUT2D eigenvalue weighted by Crippen LogP contribution is -2.31. The van der Waals surface area contributed by atoms with E-state index in [2.05, 4.69) is 29.5 Å². The van der Waals surface area contributed by atoms with Crippen molar-refractivity contribution in [3.05, 3.63) is 0 Å². The van der Waals surface area contributed by atoms with Crippen LogP contribution in [0.25, 0.3) is 0 Å². The largest absolute Gasteiger partial charge is 0.389 e. The summed E-state index contributed by atoms with van der Waals surface area (Å²) in [5, 5.41) is 9.90. The van der Waals surface area contributed by atoms with Gasteiger partial charge in [0.2, 0.25) is 0 Å². The molecule has 1 N–H and O–H groups in total. The Bertz CT molecular complexity index is 234. The van der Waals surface area contributed by atoms with Gasteiger partial charge in [-0.2, -0.15) is 0 Å². The van der Waals surface area contributed by atoms with Crippen LogP contribution in [0.4, 0.5) is 0 Å². The molecular formula is C15H29IO3. The summed E-state index contributed by atoms with van der Waals surface area (Å²) >= 11 is 2.35. The number of aliphatic hydroxyl groups is 1. The first-order valence-corrected chi connectivity index (χ1v) is 8.74. The van der Waals surface area contributed by atoms with Crippen LogP contribution in [0.1, 0.15) is 59.3 Å². The van der Waals surface area contributed by atoms with Gasteiger partial charge >= 0.3 is 0 Å². The molecule has 1 heterocycles. The first-order chi connectivity index (χ1) is 8.89. The van der Waals surface area contributed by atoms with E-state index in [-0.39, 0.29) is 6.29 Å². The molecule has 0 aromatic rings.